The molecule has 2 unspecified atom stereocenters. The predicted octanol–water partition coefficient (Wildman–Crippen LogP) is 4.64. The summed E-state index contributed by atoms with van der Waals surface area (Å²) >= 11 is 1.44. The second-order valence-corrected chi connectivity index (χ2v) is 17.8. The standard InChI is InChI=1S/C47H52N10O7S/c48-43-41-42(31-13-15-34(16-14-31)64-33-8-2-1-3-9-33)52-57(44(41)50-30-49-43)32-7-5-20-55(29-32)39(59)12-6-19-53-21-23-54(24-22-53)25-26-63-27-28-65-37-11-4-10-35-40(37)47(62)56(46(35)61)36-17-18-38(58)51-45(36)60/h1-4,8-11,13-16,30,32,36H,5-7,12,17-29H2,(H2,48,49,50)(H,51,58,60). The number of anilines is 1. The molecule has 17 nitrogen and oxygen atoms in total. The van der Waals surface area contributed by atoms with Crippen molar-refractivity contribution in [3.8, 4) is 22.8 Å². The lowest BCUT2D eigenvalue weighted by atomic mass is 10.0. The van der Waals surface area contributed by atoms with E-state index >= 15 is 0 Å². The van der Waals surface area contributed by atoms with Gasteiger partial charge in [0.1, 0.15) is 35.4 Å². The Hall–Kier alpha value is -6.21. The molecule has 65 heavy (non-hydrogen) atoms. The maximum absolute atomic E-state index is 13.6. The van der Waals surface area contributed by atoms with E-state index in [-0.39, 0.29) is 30.4 Å². The van der Waals surface area contributed by atoms with Gasteiger partial charge in [-0.15, -0.1) is 11.8 Å². The number of para-hydroxylation sites is 1. The number of nitrogens with zero attached hydrogens (tertiary/aromatic N) is 8. The molecule has 5 amide bonds. The van der Waals surface area contributed by atoms with Crippen LogP contribution in [0.2, 0.25) is 0 Å². The fourth-order valence-corrected chi connectivity index (χ4v) is 10.0. The van der Waals surface area contributed by atoms with E-state index in [1.165, 1.54) is 18.1 Å². The minimum Gasteiger partial charge on any atom is -0.457 e. The molecule has 18 heteroatoms. The van der Waals surface area contributed by atoms with Crippen LogP contribution in [0.15, 0.2) is 84.0 Å². The Balaban J connectivity index is 0.689. The van der Waals surface area contributed by atoms with Gasteiger partial charge in [0.15, 0.2) is 5.65 Å². The van der Waals surface area contributed by atoms with Crippen molar-refractivity contribution in [3.05, 3.63) is 90.3 Å². The molecule has 0 bridgehead atoms. The molecule has 5 aromatic rings. The Bertz CT molecular complexity index is 2570. The maximum atomic E-state index is 13.6. The van der Waals surface area contributed by atoms with Crippen molar-refractivity contribution >= 4 is 58.1 Å². The number of fused-ring (bicyclic) bond motifs is 2. The summed E-state index contributed by atoms with van der Waals surface area (Å²) in [7, 11) is 0. The van der Waals surface area contributed by atoms with Crippen molar-refractivity contribution in [2.24, 2.45) is 0 Å². The van der Waals surface area contributed by atoms with Gasteiger partial charge in [0, 0.05) is 74.9 Å². The molecule has 3 fully saturated rings. The first-order valence-electron chi connectivity index (χ1n) is 22.3. The number of hydrogen-bond acceptors (Lipinski definition) is 14. The van der Waals surface area contributed by atoms with Crippen LogP contribution in [0.4, 0.5) is 5.82 Å². The van der Waals surface area contributed by atoms with Crippen molar-refractivity contribution in [3.63, 3.8) is 0 Å². The summed E-state index contributed by atoms with van der Waals surface area (Å²) in [6, 6.07) is 21.5. The zero-order valence-electron chi connectivity index (χ0n) is 36.1. The molecule has 9 rings (SSSR count). The minimum atomic E-state index is -0.992. The molecule has 338 valence electrons. The van der Waals surface area contributed by atoms with Crippen LogP contribution in [0.25, 0.3) is 22.3 Å². The van der Waals surface area contributed by atoms with Gasteiger partial charge in [-0.25, -0.2) is 14.6 Å². The van der Waals surface area contributed by atoms with Crippen LogP contribution < -0.4 is 15.8 Å². The number of benzene rings is 3. The molecule has 0 spiro atoms. The lowest BCUT2D eigenvalue weighted by Gasteiger charge is -2.35. The van der Waals surface area contributed by atoms with Crippen molar-refractivity contribution in [1.29, 1.82) is 0 Å². The highest BCUT2D eigenvalue weighted by molar-refractivity contribution is 7.99. The highest BCUT2D eigenvalue weighted by Gasteiger charge is 2.45. The Morgan fingerprint density at radius 3 is 2.38 bits per heavy atom. The molecule has 4 aliphatic heterocycles. The van der Waals surface area contributed by atoms with Crippen molar-refractivity contribution in [2.45, 2.75) is 55.5 Å². The number of thioether (sulfide) groups is 1. The number of carbonyl (C=O) groups excluding carboxylic acids is 5. The zero-order valence-corrected chi connectivity index (χ0v) is 36.9. The molecule has 3 N–H and O–H groups in total. The molecule has 0 saturated carbocycles. The molecule has 2 aromatic heterocycles. The summed E-state index contributed by atoms with van der Waals surface area (Å²) in [4.78, 5) is 81.5. The number of imide groups is 2. The van der Waals surface area contributed by atoms with Gasteiger partial charge in [-0.05, 0) is 80.8 Å². The number of rotatable bonds is 16. The van der Waals surface area contributed by atoms with E-state index in [0.717, 1.165) is 81.3 Å². The first-order chi connectivity index (χ1) is 31.7. The molecule has 3 aromatic carbocycles. The number of likely N-dealkylation sites (tertiary alicyclic amines) is 1. The number of ether oxygens (including phenoxy) is 2. The fraction of sp³-hybridized carbons (Fsp3) is 0.404. The van der Waals surface area contributed by atoms with Gasteiger partial charge in [-0.2, -0.15) is 5.10 Å². The van der Waals surface area contributed by atoms with Crippen molar-refractivity contribution in [2.75, 3.05) is 77.1 Å². The lowest BCUT2D eigenvalue weighted by Crippen LogP contribution is -2.54. The van der Waals surface area contributed by atoms with Crippen LogP contribution in [-0.4, -0.2) is 146 Å². The average Bonchev–Trinajstić information content (AvgIpc) is 3.84. The topological polar surface area (TPSA) is 198 Å². The number of piperidine rings is 2. The smallest absolute Gasteiger partial charge is 0.263 e. The first kappa shape index (κ1) is 44.0. The van der Waals surface area contributed by atoms with Crippen LogP contribution in [0, 0.1) is 0 Å². The molecular weight excluding hydrogens is 849 g/mol. The number of nitrogen functional groups attached to an aromatic ring is 1. The normalized spacial score (nSPS) is 19.5. The maximum Gasteiger partial charge on any atom is 0.263 e. The van der Waals surface area contributed by atoms with Crippen LogP contribution in [0.1, 0.15) is 65.3 Å². The second kappa shape index (κ2) is 19.9. The van der Waals surface area contributed by atoms with Gasteiger partial charge < -0.3 is 25.0 Å². The summed E-state index contributed by atoms with van der Waals surface area (Å²) in [5.41, 5.74) is 9.24. The van der Waals surface area contributed by atoms with Crippen LogP contribution >= 0.6 is 11.8 Å². The van der Waals surface area contributed by atoms with Gasteiger partial charge in [0.25, 0.3) is 11.8 Å². The second-order valence-electron chi connectivity index (χ2n) is 16.7. The van der Waals surface area contributed by atoms with E-state index in [1.807, 2.05) is 64.2 Å². The van der Waals surface area contributed by atoms with E-state index in [2.05, 4.69) is 25.1 Å². The van der Waals surface area contributed by atoms with Crippen LogP contribution in [0.3, 0.4) is 0 Å². The van der Waals surface area contributed by atoms with Gasteiger partial charge in [-0.3, -0.25) is 39.1 Å². The van der Waals surface area contributed by atoms with Gasteiger partial charge >= 0.3 is 0 Å². The highest BCUT2D eigenvalue weighted by atomic mass is 32.2. The fourth-order valence-electron chi connectivity index (χ4n) is 9.10. The third-order valence-corrected chi connectivity index (χ3v) is 13.5. The van der Waals surface area contributed by atoms with Gasteiger partial charge in [0.2, 0.25) is 17.7 Å². The van der Waals surface area contributed by atoms with E-state index in [4.69, 9.17) is 20.3 Å². The summed E-state index contributed by atoms with van der Waals surface area (Å²) in [5.74, 6) is 0.547. The zero-order chi connectivity index (χ0) is 44.9. The Labute approximate surface area is 380 Å². The summed E-state index contributed by atoms with van der Waals surface area (Å²) < 4.78 is 13.9. The summed E-state index contributed by atoms with van der Waals surface area (Å²) in [6.07, 6.45) is 4.69. The quantitative estimate of drug-likeness (QED) is 0.0789. The number of piperazine rings is 1. The molecule has 0 aliphatic carbocycles. The number of aromatic nitrogens is 4. The average molecular weight is 901 g/mol. The third kappa shape index (κ3) is 9.76. The third-order valence-electron chi connectivity index (χ3n) is 12.5. The van der Waals surface area contributed by atoms with Crippen molar-refractivity contribution in [1.82, 2.24) is 44.7 Å². The predicted molar refractivity (Wildman–Crippen MR) is 243 cm³/mol. The SMILES string of the molecule is Nc1ncnc2c1c(-c1ccc(Oc3ccccc3)cc1)nn2C1CCCN(C(=O)CCCN2CCN(CCOCCSc3cccc4c3C(=O)N(C3CCC(=O)NC3=O)C4=O)CC2)C1. The first-order valence-corrected chi connectivity index (χ1v) is 23.3. The van der Waals surface area contributed by atoms with Crippen molar-refractivity contribution < 1.29 is 33.4 Å². The van der Waals surface area contributed by atoms with E-state index in [9.17, 15) is 24.0 Å². The Morgan fingerprint density at radius 2 is 1.60 bits per heavy atom. The molecule has 4 aliphatic rings. The summed E-state index contributed by atoms with van der Waals surface area (Å²) in [5, 5.41) is 7.99. The number of nitrogens with one attached hydrogen (secondary N) is 1. The van der Waals surface area contributed by atoms with Crippen LogP contribution in [-0.2, 0) is 19.1 Å². The minimum absolute atomic E-state index is 0.0446. The molecule has 3 saturated heterocycles. The molecular formula is C47H52N10O7S. The van der Waals surface area contributed by atoms with E-state index in [1.54, 1.807) is 18.2 Å². The molecule has 0 radical (unpaired) electrons. The highest BCUT2D eigenvalue weighted by Crippen LogP contribution is 2.36. The van der Waals surface area contributed by atoms with Crippen LogP contribution in [0.5, 0.6) is 11.5 Å². The van der Waals surface area contributed by atoms with E-state index in [0.29, 0.717) is 70.7 Å². The van der Waals surface area contributed by atoms with Gasteiger partial charge in [-0.1, -0.05) is 24.3 Å². The Morgan fingerprint density at radius 1 is 0.831 bits per heavy atom. The molecule has 2 atom stereocenters. The summed E-state index contributed by atoms with van der Waals surface area (Å²) in [6.45, 7) is 7.72. The number of amides is 5. The largest absolute Gasteiger partial charge is 0.457 e. The molecule has 6 heterocycles. The Kier molecular flexibility index (Phi) is 13.5. The van der Waals surface area contributed by atoms with Gasteiger partial charge in [0.05, 0.1) is 35.8 Å². The number of nitrogens with two attached hydrogens (primary N) is 1. The number of carbonyl (C=O) groups is 5. The number of hydrogen-bond donors (Lipinski definition) is 2. The monoisotopic (exact) mass is 900 g/mol. The lowest BCUT2D eigenvalue weighted by molar-refractivity contribution is -0.136. The van der Waals surface area contributed by atoms with E-state index < -0.39 is 29.7 Å².